The van der Waals surface area contributed by atoms with E-state index in [9.17, 15) is 0 Å². The molecule has 0 saturated heterocycles. The summed E-state index contributed by atoms with van der Waals surface area (Å²) in [6, 6.07) is 7.69. The van der Waals surface area contributed by atoms with Crippen LogP contribution in [0.1, 0.15) is 6.92 Å². The van der Waals surface area contributed by atoms with Gasteiger partial charge in [0.05, 0.1) is 25.2 Å². The molecule has 1 N–H and O–H groups in total. The van der Waals surface area contributed by atoms with Crippen LogP contribution in [-0.2, 0) is 0 Å². The minimum atomic E-state index is -0.0482. The Morgan fingerprint density at radius 1 is 1.33 bits per heavy atom. The van der Waals surface area contributed by atoms with Gasteiger partial charge in [0, 0.05) is 6.07 Å². The van der Waals surface area contributed by atoms with Crippen molar-refractivity contribution in [3.8, 4) is 17.2 Å². The number of aromatic nitrogens is 2. The van der Waals surface area contributed by atoms with Crippen LogP contribution in [0.4, 0.5) is 0 Å². The molecule has 0 aliphatic carbocycles. The van der Waals surface area contributed by atoms with Crippen molar-refractivity contribution in [2.24, 2.45) is 0 Å². The van der Waals surface area contributed by atoms with Crippen LogP contribution >= 0.6 is 0 Å². The Hall–Kier alpha value is -2.01. The Kier molecular flexibility index (Phi) is 3.84. The van der Waals surface area contributed by atoms with Crippen molar-refractivity contribution in [1.82, 2.24) is 15.1 Å². The molecule has 0 amide bonds. The average molecular weight is 247 g/mol. The average Bonchev–Trinajstić information content (AvgIpc) is 2.87. The van der Waals surface area contributed by atoms with E-state index < -0.39 is 0 Å². The van der Waals surface area contributed by atoms with Crippen LogP contribution in [0.2, 0.25) is 0 Å². The molecule has 0 fully saturated rings. The number of hydrogen-bond acceptors (Lipinski definition) is 4. The number of rotatable bonds is 5. The highest BCUT2D eigenvalue weighted by atomic mass is 16.5. The Morgan fingerprint density at radius 3 is 2.89 bits per heavy atom. The van der Waals surface area contributed by atoms with Gasteiger partial charge in [0.2, 0.25) is 0 Å². The molecule has 1 unspecified atom stereocenters. The second-order valence-corrected chi connectivity index (χ2v) is 3.87. The lowest BCUT2D eigenvalue weighted by atomic mass is 10.3. The smallest absolute Gasteiger partial charge is 0.160 e. The maximum absolute atomic E-state index is 5.60. The third-order valence-electron chi connectivity index (χ3n) is 2.60. The van der Waals surface area contributed by atoms with E-state index in [0.29, 0.717) is 0 Å². The molecule has 1 heterocycles. The van der Waals surface area contributed by atoms with Crippen molar-refractivity contribution >= 4 is 0 Å². The molecule has 0 aliphatic rings. The van der Waals surface area contributed by atoms with Gasteiger partial charge in [-0.05, 0) is 26.1 Å². The van der Waals surface area contributed by atoms with E-state index in [4.69, 9.17) is 9.47 Å². The van der Waals surface area contributed by atoms with E-state index in [2.05, 4.69) is 10.4 Å². The summed E-state index contributed by atoms with van der Waals surface area (Å²) in [5, 5.41) is 7.26. The zero-order chi connectivity index (χ0) is 13.0. The fraction of sp³-hybridized carbons (Fsp3) is 0.308. The first-order chi connectivity index (χ1) is 8.72. The zero-order valence-electron chi connectivity index (χ0n) is 10.8. The van der Waals surface area contributed by atoms with Gasteiger partial charge >= 0.3 is 0 Å². The number of benzene rings is 1. The zero-order valence-corrected chi connectivity index (χ0v) is 10.8. The number of nitrogens with one attached hydrogen (secondary N) is 1. The minimum Gasteiger partial charge on any atom is -0.497 e. The molecule has 5 heteroatoms. The van der Waals surface area contributed by atoms with Crippen LogP contribution in [0.3, 0.4) is 0 Å². The van der Waals surface area contributed by atoms with Crippen molar-refractivity contribution in [2.75, 3.05) is 14.2 Å². The van der Waals surface area contributed by atoms with Crippen molar-refractivity contribution < 1.29 is 9.47 Å². The normalized spacial score (nSPS) is 12.2. The monoisotopic (exact) mass is 247 g/mol. The highest BCUT2D eigenvalue weighted by molar-refractivity contribution is 5.39. The predicted molar refractivity (Wildman–Crippen MR) is 69.3 cm³/mol. The molecule has 0 spiro atoms. The summed E-state index contributed by atoms with van der Waals surface area (Å²) in [5.41, 5.74) is 0.932. The summed E-state index contributed by atoms with van der Waals surface area (Å²) >= 11 is 0. The van der Waals surface area contributed by atoms with Crippen molar-refractivity contribution in [3.63, 3.8) is 0 Å². The second-order valence-electron chi connectivity index (χ2n) is 3.87. The first kappa shape index (κ1) is 12.4. The van der Waals surface area contributed by atoms with Crippen LogP contribution in [0, 0.1) is 0 Å². The van der Waals surface area contributed by atoms with Crippen molar-refractivity contribution in [1.29, 1.82) is 0 Å². The SMILES string of the molecule is CNC(C)Oc1cnn(-c2cccc(OC)c2)c1. The fourth-order valence-corrected chi connectivity index (χ4v) is 1.52. The van der Waals surface area contributed by atoms with E-state index in [-0.39, 0.29) is 6.23 Å². The molecule has 0 radical (unpaired) electrons. The quantitative estimate of drug-likeness (QED) is 0.819. The van der Waals surface area contributed by atoms with Crippen LogP contribution in [0.5, 0.6) is 11.5 Å². The van der Waals surface area contributed by atoms with Crippen molar-refractivity contribution in [3.05, 3.63) is 36.7 Å². The van der Waals surface area contributed by atoms with E-state index in [1.54, 1.807) is 18.0 Å². The Labute approximate surface area is 106 Å². The number of nitrogens with zero attached hydrogens (tertiary/aromatic N) is 2. The van der Waals surface area contributed by atoms with Gasteiger partial charge in [-0.3, -0.25) is 5.32 Å². The molecule has 0 saturated carbocycles. The molecule has 5 nitrogen and oxygen atoms in total. The van der Waals surface area contributed by atoms with Crippen LogP contribution in [0.25, 0.3) is 5.69 Å². The molecule has 1 aromatic carbocycles. The van der Waals surface area contributed by atoms with E-state index >= 15 is 0 Å². The summed E-state index contributed by atoms with van der Waals surface area (Å²) in [6.07, 6.45) is 3.48. The Balaban J connectivity index is 2.18. The highest BCUT2D eigenvalue weighted by Crippen LogP contribution is 2.18. The standard InChI is InChI=1S/C13H17N3O2/c1-10(14-2)18-13-8-15-16(9-13)11-5-4-6-12(7-11)17-3/h4-10,14H,1-3H3. The molecule has 18 heavy (non-hydrogen) atoms. The van der Waals surface area contributed by atoms with Gasteiger partial charge in [0.15, 0.2) is 5.75 Å². The van der Waals surface area contributed by atoms with Gasteiger partial charge in [-0.15, -0.1) is 0 Å². The highest BCUT2D eigenvalue weighted by Gasteiger charge is 2.05. The van der Waals surface area contributed by atoms with Crippen LogP contribution < -0.4 is 14.8 Å². The number of methoxy groups -OCH3 is 1. The maximum atomic E-state index is 5.60. The van der Waals surface area contributed by atoms with Crippen LogP contribution in [-0.4, -0.2) is 30.2 Å². The Morgan fingerprint density at radius 2 is 2.17 bits per heavy atom. The summed E-state index contributed by atoms with van der Waals surface area (Å²) in [7, 11) is 3.49. The minimum absolute atomic E-state index is 0.0482. The first-order valence-electron chi connectivity index (χ1n) is 5.76. The van der Waals surface area contributed by atoms with Gasteiger partial charge in [-0.2, -0.15) is 5.10 Å². The predicted octanol–water partition coefficient (Wildman–Crippen LogP) is 1.83. The van der Waals surface area contributed by atoms with Gasteiger partial charge < -0.3 is 9.47 Å². The summed E-state index contributed by atoms with van der Waals surface area (Å²) in [6.45, 7) is 1.93. The third-order valence-corrected chi connectivity index (χ3v) is 2.60. The summed E-state index contributed by atoms with van der Waals surface area (Å²) < 4.78 is 12.5. The van der Waals surface area contributed by atoms with Crippen LogP contribution in [0.15, 0.2) is 36.7 Å². The van der Waals surface area contributed by atoms with Gasteiger partial charge in [0.25, 0.3) is 0 Å². The summed E-state index contributed by atoms with van der Waals surface area (Å²) in [5.74, 6) is 1.52. The molecule has 2 aromatic rings. The fourth-order valence-electron chi connectivity index (χ4n) is 1.52. The largest absolute Gasteiger partial charge is 0.497 e. The van der Waals surface area contributed by atoms with E-state index in [1.165, 1.54) is 0 Å². The molecule has 2 rings (SSSR count). The molecular formula is C13H17N3O2. The first-order valence-corrected chi connectivity index (χ1v) is 5.76. The molecule has 1 atom stereocenters. The Bertz CT molecular complexity index is 510. The van der Waals surface area contributed by atoms with Gasteiger partial charge in [-0.1, -0.05) is 6.07 Å². The lowest BCUT2D eigenvalue weighted by Crippen LogP contribution is -2.27. The van der Waals surface area contributed by atoms with Gasteiger partial charge in [-0.25, -0.2) is 4.68 Å². The number of ether oxygens (including phenoxy) is 2. The lowest BCUT2D eigenvalue weighted by Gasteiger charge is -2.10. The number of hydrogen-bond donors (Lipinski definition) is 1. The van der Waals surface area contributed by atoms with E-state index in [1.807, 2.05) is 44.4 Å². The second kappa shape index (κ2) is 5.55. The molecule has 0 aliphatic heterocycles. The summed E-state index contributed by atoms with van der Waals surface area (Å²) in [4.78, 5) is 0. The maximum Gasteiger partial charge on any atom is 0.160 e. The topological polar surface area (TPSA) is 48.3 Å². The molecule has 96 valence electrons. The molecule has 0 bridgehead atoms. The van der Waals surface area contributed by atoms with E-state index in [0.717, 1.165) is 17.2 Å². The molecular weight excluding hydrogens is 230 g/mol. The third kappa shape index (κ3) is 2.81. The van der Waals surface area contributed by atoms with Gasteiger partial charge in [0.1, 0.15) is 12.0 Å². The lowest BCUT2D eigenvalue weighted by molar-refractivity contribution is 0.193. The molecule has 1 aromatic heterocycles. The van der Waals surface area contributed by atoms with Crippen molar-refractivity contribution in [2.45, 2.75) is 13.2 Å².